The summed E-state index contributed by atoms with van der Waals surface area (Å²) in [5, 5.41) is 14.1. The van der Waals surface area contributed by atoms with E-state index in [4.69, 9.17) is 5.73 Å². The Morgan fingerprint density at radius 1 is 1.25 bits per heavy atom. The number of imidazole rings is 1. The first-order valence-electron chi connectivity index (χ1n) is 10.1. The minimum atomic E-state index is -2.66. The first kappa shape index (κ1) is 22.8. The number of fused-ring (bicyclic) bond motifs is 2. The zero-order valence-electron chi connectivity index (χ0n) is 18.0. The summed E-state index contributed by atoms with van der Waals surface area (Å²) in [4.78, 5) is 18.3. The lowest BCUT2D eigenvalue weighted by molar-refractivity contribution is -0.118. The lowest BCUT2D eigenvalue weighted by Gasteiger charge is -2.07. The van der Waals surface area contributed by atoms with Gasteiger partial charge in [0.15, 0.2) is 11.5 Å². The molecular weight excluding hydrogens is 420 g/mol. The van der Waals surface area contributed by atoms with E-state index >= 15 is 0 Å². The molecule has 0 aliphatic heterocycles. The fourth-order valence-corrected chi connectivity index (χ4v) is 3.05. The number of alkyl halides is 2. The van der Waals surface area contributed by atoms with Crippen LogP contribution in [0.3, 0.4) is 0 Å². The van der Waals surface area contributed by atoms with Crippen molar-refractivity contribution in [1.82, 2.24) is 34.5 Å². The van der Waals surface area contributed by atoms with Crippen molar-refractivity contribution in [3.63, 3.8) is 0 Å². The zero-order chi connectivity index (χ0) is 23.3. The Morgan fingerprint density at radius 3 is 2.69 bits per heavy atom. The van der Waals surface area contributed by atoms with Crippen molar-refractivity contribution in [2.75, 3.05) is 24.6 Å². The molecule has 0 aromatic carbocycles. The molecule has 0 bridgehead atoms. The molecule has 0 aliphatic carbocycles. The zero-order valence-corrected chi connectivity index (χ0v) is 18.0. The summed E-state index contributed by atoms with van der Waals surface area (Å²) in [7, 11) is 1.71. The van der Waals surface area contributed by atoms with Crippen LogP contribution in [0, 0.1) is 0 Å². The second kappa shape index (κ2) is 9.98. The van der Waals surface area contributed by atoms with Gasteiger partial charge in [0.2, 0.25) is 11.9 Å². The summed E-state index contributed by atoms with van der Waals surface area (Å²) in [5.74, 6) is 0.703. The van der Waals surface area contributed by atoms with Gasteiger partial charge >= 0.3 is 0 Å². The van der Waals surface area contributed by atoms with Crippen molar-refractivity contribution >= 4 is 28.8 Å². The van der Waals surface area contributed by atoms with E-state index in [1.54, 1.807) is 36.0 Å². The first-order valence-corrected chi connectivity index (χ1v) is 10.1. The van der Waals surface area contributed by atoms with Gasteiger partial charge in [0.25, 0.3) is 6.43 Å². The van der Waals surface area contributed by atoms with Crippen LogP contribution < -0.4 is 16.4 Å². The smallest absolute Gasteiger partial charge is 0.282 e. The lowest BCUT2D eigenvalue weighted by Crippen LogP contribution is -2.20. The second-order valence-corrected chi connectivity index (χ2v) is 6.90. The van der Waals surface area contributed by atoms with Crippen molar-refractivity contribution in [3.05, 3.63) is 36.3 Å². The van der Waals surface area contributed by atoms with E-state index in [0.29, 0.717) is 28.2 Å². The maximum absolute atomic E-state index is 13.1. The maximum Gasteiger partial charge on any atom is 0.282 e. The van der Waals surface area contributed by atoms with Crippen LogP contribution in [-0.4, -0.2) is 48.7 Å². The molecule has 4 heterocycles. The van der Waals surface area contributed by atoms with Gasteiger partial charge in [-0.25, -0.2) is 22.8 Å². The average Bonchev–Trinajstić information content (AvgIpc) is 3.37. The minimum Gasteiger partial charge on any atom is -0.371 e. The van der Waals surface area contributed by atoms with E-state index in [-0.39, 0.29) is 17.5 Å². The Balaban J connectivity index is 0.000000312. The number of rotatable bonds is 6. The molecule has 4 rings (SSSR count). The molecule has 170 valence electrons. The molecule has 0 fully saturated rings. The van der Waals surface area contributed by atoms with Crippen LogP contribution in [0.25, 0.3) is 22.4 Å². The highest BCUT2D eigenvalue weighted by Crippen LogP contribution is 2.29. The SMILES string of the molecule is CCCCNC(C)=O.CNc1nc(N)nn2ccc(-c3ccc4ncc(C(F)F)n4n3)c12. The van der Waals surface area contributed by atoms with E-state index < -0.39 is 6.43 Å². The molecule has 10 nitrogen and oxygen atoms in total. The first-order chi connectivity index (χ1) is 15.3. The molecule has 4 aromatic rings. The monoisotopic (exact) mass is 445 g/mol. The number of anilines is 2. The highest BCUT2D eigenvalue weighted by Gasteiger charge is 2.17. The highest BCUT2D eigenvalue weighted by molar-refractivity contribution is 5.87. The van der Waals surface area contributed by atoms with Crippen molar-refractivity contribution < 1.29 is 13.6 Å². The summed E-state index contributed by atoms with van der Waals surface area (Å²) >= 11 is 0. The molecule has 0 unspecified atom stereocenters. The number of carbonyl (C=O) groups excluding carboxylic acids is 1. The predicted octanol–water partition coefficient (Wildman–Crippen LogP) is 2.92. The van der Waals surface area contributed by atoms with Crippen molar-refractivity contribution in [3.8, 4) is 11.3 Å². The van der Waals surface area contributed by atoms with Gasteiger partial charge in [0, 0.05) is 32.3 Å². The van der Waals surface area contributed by atoms with Gasteiger partial charge in [-0.05, 0) is 24.6 Å². The Morgan fingerprint density at radius 2 is 2.03 bits per heavy atom. The van der Waals surface area contributed by atoms with E-state index in [9.17, 15) is 13.6 Å². The number of nitrogens with zero attached hydrogens (tertiary/aromatic N) is 6. The van der Waals surface area contributed by atoms with Crippen LogP contribution in [0.5, 0.6) is 0 Å². The summed E-state index contributed by atoms with van der Waals surface area (Å²) in [6.45, 7) is 4.46. The summed E-state index contributed by atoms with van der Waals surface area (Å²) in [5.41, 5.74) is 7.60. The van der Waals surface area contributed by atoms with Gasteiger partial charge < -0.3 is 16.4 Å². The average molecular weight is 445 g/mol. The highest BCUT2D eigenvalue weighted by atomic mass is 19.3. The number of unbranched alkanes of at least 4 members (excludes halogenated alkanes) is 1. The van der Waals surface area contributed by atoms with Gasteiger partial charge in [0.1, 0.15) is 11.2 Å². The standard InChI is InChI=1S/C14H12F2N8.C6H13NO/c1-18-13-11-7(4-5-23(11)22-14(17)20-13)8-2-3-10-19-6-9(12(15)16)24(10)21-8;1-3-4-5-7-6(2)8/h2-6,12H,1H3,(H3,17,18,20,22);3-5H2,1-2H3,(H,7,8). The molecule has 4 N–H and O–H groups in total. The molecule has 0 saturated heterocycles. The molecule has 0 radical (unpaired) electrons. The summed E-state index contributed by atoms with van der Waals surface area (Å²) in [6, 6.07) is 5.12. The number of hydrogen-bond donors (Lipinski definition) is 3. The number of halogens is 2. The number of nitrogens with one attached hydrogen (secondary N) is 2. The molecule has 32 heavy (non-hydrogen) atoms. The Hall–Kier alpha value is -3.83. The Kier molecular flexibility index (Phi) is 7.13. The fraction of sp³-hybridized carbons (Fsp3) is 0.350. The Bertz CT molecular complexity index is 1220. The van der Waals surface area contributed by atoms with Gasteiger partial charge in [-0.15, -0.1) is 5.10 Å². The Labute approximate surface area is 182 Å². The molecule has 4 aromatic heterocycles. The lowest BCUT2D eigenvalue weighted by atomic mass is 10.2. The fourth-order valence-electron chi connectivity index (χ4n) is 3.05. The van der Waals surface area contributed by atoms with Gasteiger partial charge in [-0.2, -0.15) is 10.1 Å². The van der Waals surface area contributed by atoms with Crippen LogP contribution in [0.15, 0.2) is 30.6 Å². The minimum absolute atomic E-state index is 0.0680. The molecular formula is C20H25F2N9O. The normalized spacial score (nSPS) is 10.9. The van der Waals surface area contributed by atoms with E-state index in [1.807, 2.05) is 0 Å². The third-order valence-corrected chi connectivity index (χ3v) is 4.56. The molecule has 0 atom stereocenters. The number of hydrogen-bond acceptors (Lipinski definition) is 7. The molecule has 0 aliphatic rings. The van der Waals surface area contributed by atoms with Crippen LogP contribution in [0.1, 0.15) is 38.8 Å². The molecule has 1 amide bonds. The largest absolute Gasteiger partial charge is 0.371 e. The van der Waals surface area contributed by atoms with Gasteiger partial charge in [-0.1, -0.05) is 13.3 Å². The van der Waals surface area contributed by atoms with Crippen LogP contribution in [-0.2, 0) is 4.79 Å². The number of nitrogen functional groups attached to an aromatic ring is 1. The summed E-state index contributed by atoms with van der Waals surface area (Å²) < 4.78 is 28.8. The third kappa shape index (κ3) is 4.90. The van der Waals surface area contributed by atoms with Gasteiger partial charge in [0.05, 0.1) is 11.9 Å². The van der Waals surface area contributed by atoms with Crippen LogP contribution >= 0.6 is 0 Å². The topological polar surface area (TPSA) is 128 Å². The molecule has 0 saturated carbocycles. The number of carbonyl (C=O) groups is 1. The second-order valence-electron chi connectivity index (χ2n) is 6.90. The predicted molar refractivity (Wildman–Crippen MR) is 117 cm³/mol. The van der Waals surface area contributed by atoms with E-state index in [0.717, 1.165) is 30.1 Å². The van der Waals surface area contributed by atoms with Crippen LogP contribution in [0.4, 0.5) is 20.5 Å². The van der Waals surface area contributed by atoms with Gasteiger partial charge in [-0.3, -0.25) is 4.79 Å². The quantitative estimate of drug-likeness (QED) is 0.389. The number of nitrogens with two attached hydrogens (primary N) is 1. The number of amides is 1. The van der Waals surface area contributed by atoms with E-state index in [2.05, 4.69) is 37.7 Å². The van der Waals surface area contributed by atoms with Crippen molar-refractivity contribution in [1.29, 1.82) is 0 Å². The summed E-state index contributed by atoms with van der Waals surface area (Å²) in [6.07, 6.45) is 2.39. The van der Waals surface area contributed by atoms with Crippen LogP contribution in [0.2, 0.25) is 0 Å². The molecule has 0 spiro atoms. The van der Waals surface area contributed by atoms with Crippen molar-refractivity contribution in [2.24, 2.45) is 0 Å². The number of aromatic nitrogens is 6. The van der Waals surface area contributed by atoms with Crippen molar-refractivity contribution in [2.45, 2.75) is 33.1 Å². The molecule has 12 heteroatoms. The van der Waals surface area contributed by atoms with E-state index in [1.165, 1.54) is 6.92 Å². The maximum atomic E-state index is 13.1. The third-order valence-electron chi connectivity index (χ3n) is 4.56.